The Hall–Kier alpha value is -0.903. The van der Waals surface area contributed by atoms with Gasteiger partial charge in [0.05, 0.1) is 6.61 Å². The molecule has 3 heteroatoms. The van der Waals surface area contributed by atoms with Crippen LogP contribution in [0.1, 0.15) is 27.7 Å². The first kappa shape index (κ1) is 19.4. The van der Waals surface area contributed by atoms with Gasteiger partial charge >= 0.3 is 0 Å². The Morgan fingerprint density at radius 2 is 1.25 bits per heavy atom. The van der Waals surface area contributed by atoms with Crippen LogP contribution in [0.25, 0.3) is 0 Å². The summed E-state index contributed by atoms with van der Waals surface area (Å²) in [6.07, 6.45) is 0. The van der Waals surface area contributed by atoms with Crippen molar-refractivity contribution >= 4 is 35.1 Å². The average Bonchev–Trinajstić information content (AvgIpc) is 2.56. The van der Waals surface area contributed by atoms with Gasteiger partial charge in [0.2, 0.25) is 0 Å². The number of alkyl halides is 1. The third kappa shape index (κ3) is 5.30. The van der Waals surface area contributed by atoms with Crippen molar-refractivity contribution in [3.8, 4) is 0 Å². The first-order valence-electron chi connectivity index (χ1n) is 8.59. The summed E-state index contributed by atoms with van der Waals surface area (Å²) in [6.45, 7) is 10.8. The lowest BCUT2D eigenvalue weighted by Crippen LogP contribution is -2.51. The number of ether oxygens (including phenoxy) is 1. The van der Waals surface area contributed by atoms with Crippen LogP contribution in [0, 0.1) is 5.41 Å². The van der Waals surface area contributed by atoms with E-state index >= 15 is 0 Å². The summed E-state index contributed by atoms with van der Waals surface area (Å²) >= 11 is 3.58. The minimum atomic E-state index is -1.39. The van der Waals surface area contributed by atoms with Gasteiger partial charge in [0.15, 0.2) is 0 Å². The molecular formula is C21H29BrOSi. The quantitative estimate of drug-likeness (QED) is 0.471. The van der Waals surface area contributed by atoms with E-state index in [1.807, 2.05) is 0 Å². The number of hydrogen-bond acceptors (Lipinski definition) is 1. The van der Waals surface area contributed by atoms with Crippen LogP contribution < -0.4 is 10.4 Å². The molecule has 2 rings (SSSR count). The molecule has 0 aliphatic rings. The van der Waals surface area contributed by atoms with E-state index in [2.05, 4.69) is 104 Å². The van der Waals surface area contributed by atoms with Gasteiger partial charge in [0.25, 0.3) is 0 Å². The molecule has 0 aliphatic carbocycles. The van der Waals surface area contributed by atoms with Gasteiger partial charge in [-0.05, 0) is 10.5 Å². The van der Waals surface area contributed by atoms with Gasteiger partial charge in [-0.15, -0.1) is 0 Å². The molecule has 0 unspecified atom stereocenters. The van der Waals surface area contributed by atoms with E-state index in [4.69, 9.17) is 4.74 Å². The molecule has 0 amide bonds. The Morgan fingerprint density at radius 1 is 0.792 bits per heavy atom. The molecule has 2 aromatic carbocycles. The number of hydrogen-bond donors (Lipinski definition) is 0. The van der Waals surface area contributed by atoms with E-state index < -0.39 is 8.80 Å². The van der Waals surface area contributed by atoms with Crippen LogP contribution in [0.4, 0.5) is 0 Å². The lowest BCUT2D eigenvalue weighted by Gasteiger charge is -2.35. The number of rotatable bonds is 8. The number of benzene rings is 2. The van der Waals surface area contributed by atoms with Gasteiger partial charge < -0.3 is 4.74 Å². The van der Waals surface area contributed by atoms with E-state index in [-0.39, 0.29) is 10.5 Å². The minimum Gasteiger partial charge on any atom is -0.381 e. The second-order valence-corrected chi connectivity index (χ2v) is 12.4. The fraction of sp³-hybridized carbons (Fsp3) is 0.429. The summed E-state index contributed by atoms with van der Waals surface area (Å²) in [6, 6.07) is 22.0. The van der Waals surface area contributed by atoms with E-state index in [1.54, 1.807) is 0 Å². The smallest absolute Gasteiger partial charge is 0.110 e. The van der Waals surface area contributed by atoms with Crippen LogP contribution in [0.15, 0.2) is 60.7 Å². The normalized spacial score (nSPS) is 12.6. The van der Waals surface area contributed by atoms with Crippen molar-refractivity contribution < 1.29 is 4.74 Å². The first-order valence-corrected chi connectivity index (χ1v) is 11.4. The second-order valence-electron chi connectivity index (χ2n) is 8.03. The largest absolute Gasteiger partial charge is 0.381 e. The van der Waals surface area contributed by atoms with Gasteiger partial charge in [-0.3, -0.25) is 0 Å². The zero-order valence-electron chi connectivity index (χ0n) is 15.3. The van der Waals surface area contributed by atoms with Gasteiger partial charge in [-0.25, -0.2) is 0 Å². The summed E-state index contributed by atoms with van der Waals surface area (Å²) in [5.41, 5.74) is 0.173. The van der Waals surface area contributed by atoms with E-state index in [1.165, 1.54) is 10.4 Å². The SMILES string of the molecule is CC(C)(CBr)COCC(C)(C)[SiH](c1ccccc1)c1ccccc1. The van der Waals surface area contributed by atoms with Crippen molar-refractivity contribution in [3.05, 3.63) is 60.7 Å². The van der Waals surface area contributed by atoms with Crippen LogP contribution >= 0.6 is 15.9 Å². The van der Waals surface area contributed by atoms with Crippen molar-refractivity contribution in [1.29, 1.82) is 0 Å². The molecular weight excluding hydrogens is 376 g/mol. The molecule has 130 valence electrons. The zero-order chi connectivity index (χ0) is 17.6. The van der Waals surface area contributed by atoms with Crippen LogP contribution in [-0.4, -0.2) is 27.3 Å². The predicted octanol–water partition coefficient (Wildman–Crippen LogP) is 4.25. The van der Waals surface area contributed by atoms with Crippen molar-refractivity contribution in [2.75, 3.05) is 18.5 Å². The fourth-order valence-corrected chi connectivity index (χ4v) is 6.95. The first-order chi connectivity index (χ1) is 11.4. The molecule has 24 heavy (non-hydrogen) atoms. The molecule has 0 aromatic heterocycles. The van der Waals surface area contributed by atoms with E-state index in [0.717, 1.165) is 18.5 Å². The standard InChI is InChI=1S/C21H29BrOSi/c1-20(2,15-22)16-23-17-21(3,4)24(18-11-7-5-8-12-18)19-13-9-6-10-14-19/h5-14,24H,15-17H2,1-4H3. The van der Waals surface area contributed by atoms with Gasteiger partial charge in [0, 0.05) is 11.9 Å². The van der Waals surface area contributed by atoms with Crippen molar-refractivity contribution in [2.45, 2.75) is 32.7 Å². The van der Waals surface area contributed by atoms with E-state index in [0.29, 0.717) is 0 Å². The summed E-state index contributed by atoms with van der Waals surface area (Å²) in [7, 11) is -1.39. The molecule has 0 aliphatic heterocycles. The second kappa shape index (κ2) is 8.46. The highest BCUT2D eigenvalue weighted by atomic mass is 79.9. The van der Waals surface area contributed by atoms with Gasteiger partial charge in [0.1, 0.15) is 8.80 Å². The Balaban J connectivity index is 2.23. The third-order valence-electron chi connectivity index (χ3n) is 4.38. The van der Waals surface area contributed by atoms with Crippen LogP contribution in [-0.2, 0) is 4.74 Å². The highest BCUT2D eigenvalue weighted by molar-refractivity contribution is 9.09. The minimum absolute atomic E-state index is 0.144. The molecule has 0 bridgehead atoms. The molecule has 0 saturated carbocycles. The molecule has 0 saturated heterocycles. The molecule has 0 fully saturated rings. The average molecular weight is 405 g/mol. The fourth-order valence-electron chi connectivity index (χ4n) is 3.10. The van der Waals surface area contributed by atoms with Crippen molar-refractivity contribution in [2.24, 2.45) is 5.41 Å². The lowest BCUT2D eigenvalue weighted by atomic mass is 9.98. The molecule has 0 N–H and O–H groups in total. The van der Waals surface area contributed by atoms with Crippen LogP contribution in [0.2, 0.25) is 5.04 Å². The summed E-state index contributed by atoms with van der Waals surface area (Å²) in [4.78, 5) is 0. The maximum atomic E-state index is 6.18. The molecule has 2 aromatic rings. The summed E-state index contributed by atoms with van der Waals surface area (Å²) in [5.74, 6) is 0. The highest BCUT2D eigenvalue weighted by Crippen LogP contribution is 2.30. The Bertz CT molecular complexity index is 571. The van der Waals surface area contributed by atoms with E-state index in [9.17, 15) is 0 Å². The maximum Gasteiger partial charge on any atom is 0.110 e. The third-order valence-corrected chi connectivity index (χ3v) is 9.73. The predicted molar refractivity (Wildman–Crippen MR) is 112 cm³/mol. The zero-order valence-corrected chi connectivity index (χ0v) is 18.0. The van der Waals surface area contributed by atoms with Gasteiger partial charge in [-0.2, -0.15) is 0 Å². The Labute approximate surface area is 157 Å². The molecule has 0 radical (unpaired) electrons. The van der Waals surface area contributed by atoms with Crippen LogP contribution in [0.5, 0.6) is 0 Å². The number of halogens is 1. The van der Waals surface area contributed by atoms with Gasteiger partial charge in [-0.1, -0.05) is 115 Å². The lowest BCUT2D eigenvalue weighted by molar-refractivity contribution is 0.0600. The van der Waals surface area contributed by atoms with Crippen molar-refractivity contribution in [1.82, 2.24) is 0 Å². The molecule has 0 spiro atoms. The molecule has 0 heterocycles. The molecule has 1 nitrogen and oxygen atoms in total. The monoisotopic (exact) mass is 404 g/mol. The van der Waals surface area contributed by atoms with Crippen LogP contribution in [0.3, 0.4) is 0 Å². The highest BCUT2D eigenvalue weighted by Gasteiger charge is 2.34. The molecule has 0 atom stereocenters. The van der Waals surface area contributed by atoms with Crippen molar-refractivity contribution in [3.63, 3.8) is 0 Å². The maximum absolute atomic E-state index is 6.18. The summed E-state index contributed by atoms with van der Waals surface area (Å²) < 4.78 is 6.18. The summed E-state index contributed by atoms with van der Waals surface area (Å²) in [5, 5.41) is 4.07. The topological polar surface area (TPSA) is 9.23 Å². The Morgan fingerprint density at radius 3 is 1.67 bits per heavy atom. The Kier molecular flexibility index (Phi) is 6.85.